The number of aromatic nitrogens is 2. The van der Waals surface area contributed by atoms with Crippen LogP contribution in [0.4, 0.5) is 0 Å². The number of ketones is 1. The standard InChI is InChI=1S/C18H16N2O2S/c21-13(11-6-2-1-3-7-11)10-15-19-17(22)16-12-8-4-5-9-14(12)23-18(16)20-15/h1-3,6-7H,4-5,8-10H2,(H,19,20,22). The molecule has 0 spiro atoms. The topological polar surface area (TPSA) is 62.8 Å². The molecule has 0 saturated carbocycles. The summed E-state index contributed by atoms with van der Waals surface area (Å²) >= 11 is 1.61. The van der Waals surface area contributed by atoms with Crippen LogP contribution in [0.15, 0.2) is 35.1 Å². The Morgan fingerprint density at radius 3 is 2.78 bits per heavy atom. The second-order valence-corrected chi connectivity index (χ2v) is 6.95. The highest BCUT2D eigenvalue weighted by Gasteiger charge is 2.20. The fourth-order valence-corrected chi connectivity index (χ4v) is 4.45. The first-order chi connectivity index (χ1) is 11.2. The Morgan fingerprint density at radius 2 is 1.96 bits per heavy atom. The van der Waals surface area contributed by atoms with Crippen LogP contribution in [-0.4, -0.2) is 15.8 Å². The summed E-state index contributed by atoms with van der Waals surface area (Å²) < 4.78 is 0. The molecule has 3 aromatic rings. The number of benzene rings is 1. The van der Waals surface area contributed by atoms with E-state index in [1.54, 1.807) is 23.5 Å². The molecule has 0 fully saturated rings. The van der Waals surface area contributed by atoms with E-state index in [0.29, 0.717) is 11.4 Å². The molecule has 2 aromatic heterocycles. The van der Waals surface area contributed by atoms with Crippen molar-refractivity contribution in [2.24, 2.45) is 0 Å². The van der Waals surface area contributed by atoms with Crippen LogP contribution >= 0.6 is 11.3 Å². The Balaban J connectivity index is 1.72. The number of carbonyl (C=O) groups is 1. The van der Waals surface area contributed by atoms with E-state index in [0.717, 1.165) is 29.5 Å². The maximum atomic E-state index is 12.5. The van der Waals surface area contributed by atoms with Crippen molar-refractivity contribution in [3.05, 3.63) is 62.5 Å². The first-order valence-electron chi connectivity index (χ1n) is 7.84. The van der Waals surface area contributed by atoms with E-state index in [2.05, 4.69) is 9.97 Å². The smallest absolute Gasteiger partial charge is 0.259 e. The minimum Gasteiger partial charge on any atom is -0.310 e. The Morgan fingerprint density at radius 1 is 1.17 bits per heavy atom. The van der Waals surface area contributed by atoms with Crippen molar-refractivity contribution in [3.63, 3.8) is 0 Å². The second kappa shape index (κ2) is 5.74. The van der Waals surface area contributed by atoms with Crippen molar-refractivity contribution >= 4 is 27.3 Å². The van der Waals surface area contributed by atoms with E-state index in [4.69, 9.17) is 0 Å². The number of thiophene rings is 1. The molecule has 5 heteroatoms. The second-order valence-electron chi connectivity index (χ2n) is 5.87. The number of rotatable bonds is 3. The first-order valence-corrected chi connectivity index (χ1v) is 8.66. The zero-order valence-electron chi connectivity index (χ0n) is 12.6. The molecule has 0 amide bonds. The van der Waals surface area contributed by atoms with Crippen LogP contribution in [0, 0.1) is 0 Å². The van der Waals surface area contributed by atoms with E-state index in [1.807, 2.05) is 18.2 Å². The maximum absolute atomic E-state index is 12.5. The summed E-state index contributed by atoms with van der Waals surface area (Å²) in [5, 5.41) is 0.737. The van der Waals surface area contributed by atoms with Crippen molar-refractivity contribution in [3.8, 4) is 0 Å². The van der Waals surface area contributed by atoms with Crippen LogP contribution in [0.25, 0.3) is 10.2 Å². The molecule has 1 aliphatic rings. The molecule has 2 heterocycles. The van der Waals surface area contributed by atoms with Gasteiger partial charge < -0.3 is 4.98 Å². The van der Waals surface area contributed by atoms with Gasteiger partial charge in [0.15, 0.2) is 5.78 Å². The van der Waals surface area contributed by atoms with Gasteiger partial charge in [0, 0.05) is 10.4 Å². The lowest BCUT2D eigenvalue weighted by Gasteiger charge is -2.09. The highest BCUT2D eigenvalue weighted by Crippen LogP contribution is 2.33. The van der Waals surface area contributed by atoms with E-state index >= 15 is 0 Å². The molecular weight excluding hydrogens is 308 g/mol. The lowest BCUT2D eigenvalue weighted by molar-refractivity contribution is 0.0991. The maximum Gasteiger partial charge on any atom is 0.259 e. The number of aryl methyl sites for hydroxylation is 2. The fourth-order valence-electron chi connectivity index (χ4n) is 3.17. The molecular formula is C18H16N2O2S. The van der Waals surface area contributed by atoms with E-state index in [-0.39, 0.29) is 17.8 Å². The predicted molar refractivity (Wildman–Crippen MR) is 91.4 cm³/mol. The summed E-state index contributed by atoms with van der Waals surface area (Å²) in [7, 11) is 0. The lowest BCUT2D eigenvalue weighted by atomic mass is 9.97. The molecule has 4 rings (SSSR count). The fraction of sp³-hybridized carbons (Fsp3) is 0.278. The summed E-state index contributed by atoms with van der Waals surface area (Å²) in [4.78, 5) is 34.2. The van der Waals surface area contributed by atoms with Crippen LogP contribution < -0.4 is 5.56 Å². The highest BCUT2D eigenvalue weighted by atomic mass is 32.1. The third-order valence-corrected chi connectivity index (χ3v) is 5.48. The number of fused-ring (bicyclic) bond motifs is 3. The van der Waals surface area contributed by atoms with Crippen molar-refractivity contribution in [1.29, 1.82) is 0 Å². The Bertz CT molecular complexity index is 941. The van der Waals surface area contributed by atoms with Gasteiger partial charge in [0.2, 0.25) is 0 Å². The van der Waals surface area contributed by atoms with Gasteiger partial charge in [0.25, 0.3) is 5.56 Å². The predicted octanol–water partition coefficient (Wildman–Crippen LogP) is 3.29. The van der Waals surface area contributed by atoms with Gasteiger partial charge in [-0.25, -0.2) is 4.98 Å². The largest absolute Gasteiger partial charge is 0.310 e. The molecule has 1 aromatic carbocycles. The Kier molecular flexibility index (Phi) is 3.58. The lowest BCUT2D eigenvalue weighted by Crippen LogP contribution is -2.15. The van der Waals surface area contributed by atoms with E-state index in [1.165, 1.54) is 16.9 Å². The van der Waals surface area contributed by atoms with Gasteiger partial charge in [-0.15, -0.1) is 11.3 Å². The molecule has 1 aliphatic carbocycles. The van der Waals surface area contributed by atoms with Gasteiger partial charge >= 0.3 is 0 Å². The number of nitrogens with one attached hydrogen (secondary N) is 1. The van der Waals surface area contributed by atoms with Crippen molar-refractivity contribution in [1.82, 2.24) is 9.97 Å². The normalized spacial score (nSPS) is 13.9. The third-order valence-electron chi connectivity index (χ3n) is 4.30. The van der Waals surface area contributed by atoms with E-state index in [9.17, 15) is 9.59 Å². The molecule has 116 valence electrons. The SMILES string of the molecule is O=C(Cc1nc2sc3c(c2c(=O)[nH]1)CCCC3)c1ccccc1. The van der Waals surface area contributed by atoms with Gasteiger partial charge in [-0.1, -0.05) is 30.3 Å². The Hall–Kier alpha value is -2.27. The zero-order valence-corrected chi connectivity index (χ0v) is 13.4. The van der Waals surface area contributed by atoms with Crippen LogP contribution in [0.3, 0.4) is 0 Å². The molecule has 0 atom stereocenters. The highest BCUT2D eigenvalue weighted by molar-refractivity contribution is 7.18. The average molecular weight is 324 g/mol. The minimum absolute atomic E-state index is 0.0329. The number of H-pyrrole nitrogens is 1. The molecule has 4 nitrogen and oxygen atoms in total. The van der Waals surface area contributed by atoms with Crippen molar-refractivity contribution in [2.75, 3.05) is 0 Å². The van der Waals surface area contributed by atoms with Gasteiger partial charge in [-0.3, -0.25) is 9.59 Å². The van der Waals surface area contributed by atoms with Crippen LogP contribution in [-0.2, 0) is 19.3 Å². The molecule has 1 N–H and O–H groups in total. The summed E-state index contributed by atoms with van der Waals surface area (Å²) in [6.07, 6.45) is 4.43. The number of Topliss-reactive ketones (excluding diaryl/α,β-unsaturated/α-hetero) is 1. The Labute approximate surface area is 137 Å². The molecule has 0 bridgehead atoms. The molecule has 0 unspecified atom stereocenters. The van der Waals surface area contributed by atoms with Gasteiger partial charge in [0.1, 0.15) is 10.7 Å². The van der Waals surface area contributed by atoms with Gasteiger partial charge in [0.05, 0.1) is 11.8 Å². The van der Waals surface area contributed by atoms with Gasteiger partial charge in [-0.2, -0.15) is 0 Å². The summed E-state index contributed by atoms with van der Waals surface area (Å²) in [6.45, 7) is 0. The summed E-state index contributed by atoms with van der Waals surface area (Å²) in [5.74, 6) is 0.421. The molecule has 0 aliphatic heterocycles. The quantitative estimate of drug-likeness (QED) is 0.752. The van der Waals surface area contributed by atoms with Crippen LogP contribution in [0.2, 0.25) is 0 Å². The number of hydrogen-bond acceptors (Lipinski definition) is 4. The first kappa shape index (κ1) is 14.3. The van der Waals surface area contributed by atoms with Crippen LogP contribution in [0.1, 0.15) is 39.5 Å². The summed E-state index contributed by atoms with van der Waals surface area (Å²) in [6, 6.07) is 9.10. The molecule has 0 radical (unpaired) electrons. The number of hydrogen-bond donors (Lipinski definition) is 1. The summed E-state index contributed by atoms with van der Waals surface area (Å²) in [5.41, 5.74) is 1.71. The molecule has 23 heavy (non-hydrogen) atoms. The number of aromatic amines is 1. The third kappa shape index (κ3) is 2.61. The zero-order chi connectivity index (χ0) is 15.8. The minimum atomic E-state index is -0.106. The van der Waals surface area contributed by atoms with Crippen LogP contribution in [0.5, 0.6) is 0 Å². The van der Waals surface area contributed by atoms with Gasteiger partial charge in [-0.05, 0) is 31.2 Å². The molecule has 0 saturated heterocycles. The number of carbonyl (C=O) groups excluding carboxylic acids is 1. The van der Waals surface area contributed by atoms with Crippen molar-refractivity contribution in [2.45, 2.75) is 32.1 Å². The van der Waals surface area contributed by atoms with E-state index < -0.39 is 0 Å². The number of nitrogens with zero attached hydrogens (tertiary/aromatic N) is 1. The average Bonchev–Trinajstić information content (AvgIpc) is 2.94. The van der Waals surface area contributed by atoms with Crippen molar-refractivity contribution < 1.29 is 4.79 Å². The monoisotopic (exact) mass is 324 g/mol.